The van der Waals surface area contributed by atoms with Gasteiger partial charge in [-0.05, 0) is 31.5 Å². The van der Waals surface area contributed by atoms with Gasteiger partial charge in [-0.25, -0.2) is 0 Å². The molecule has 114 valence electrons. The predicted molar refractivity (Wildman–Crippen MR) is 74.6 cm³/mol. The molecule has 0 aliphatic carbocycles. The number of aryl methyl sites for hydroxylation is 1. The van der Waals surface area contributed by atoms with E-state index in [2.05, 4.69) is 9.89 Å². The first-order valence-corrected chi connectivity index (χ1v) is 7.68. The second kappa shape index (κ2) is 6.80. The Kier molecular flexibility index (Phi) is 5.06. The van der Waals surface area contributed by atoms with E-state index in [1.165, 1.54) is 12.1 Å². The molecule has 0 spiro atoms. The molecule has 0 bridgehead atoms. The van der Waals surface area contributed by atoms with Gasteiger partial charge < -0.3 is 9.26 Å². The summed E-state index contributed by atoms with van der Waals surface area (Å²) in [5, 5.41) is 3.56. The minimum absolute atomic E-state index is 0.0823. The van der Waals surface area contributed by atoms with Crippen LogP contribution in [0.2, 0.25) is 0 Å². The number of nitrogens with zero attached hydrogens (tertiary/aromatic N) is 1. The zero-order valence-electron chi connectivity index (χ0n) is 11.6. The molecular formula is C14H15F2NO3S. The molecular weight excluding hydrogens is 300 g/mol. The highest BCUT2D eigenvalue weighted by molar-refractivity contribution is 7.84. The molecule has 2 rings (SSSR count). The van der Waals surface area contributed by atoms with Crippen LogP contribution in [0.25, 0.3) is 0 Å². The lowest BCUT2D eigenvalue weighted by Crippen LogP contribution is -2.06. The molecule has 7 heteroatoms. The van der Waals surface area contributed by atoms with Crippen LogP contribution in [0.15, 0.2) is 34.9 Å². The van der Waals surface area contributed by atoms with Gasteiger partial charge in [0.2, 0.25) is 0 Å². The average Bonchev–Trinajstić information content (AvgIpc) is 2.83. The summed E-state index contributed by atoms with van der Waals surface area (Å²) in [4.78, 5) is 0. The van der Waals surface area contributed by atoms with Gasteiger partial charge in [-0.15, -0.1) is 0 Å². The molecule has 1 aromatic carbocycles. The largest absolute Gasteiger partial charge is 0.435 e. The SMILES string of the molecule is Cc1cc(CS(=O)C(C)c2ccc(OC(F)F)cc2)no1. The molecule has 21 heavy (non-hydrogen) atoms. The van der Waals surface area contributed by atoms with E-state index >= 15 is 0 Å². The molecule has 0 aliphatic rings. The smallest absolute Gasteiger partial charge is 0.387 e. The summed E-state index contributed by atoms with van der Waals surface area (Å²) >= 11 is 0. The minimum atomic E-state index is -2.85. The maximum Gasteiger partial charge on any atom is 0.387 e. The molecule has 1 aromatic heterocycles. The van der Waals surface area contributed by atoms with Crippen molar-refractivity contribution in [2.45, 2.75) is 31.5 Å². The Labute approximate surface area is 123 Å². The van der Waals surface area contributed by atoms with Crippen molar-refractivity contribution in [3.8, 4) is 5.75 Å². The third kappa shape index (κ3) is 4.35. The van der Waals surface area contributed by atoms with Crippen LogP contribution in [0.3, 0.4) is 0 Å². The monoisotopic (exact) mass is 315 g/mol. The van der Waals surface area contributed by atoms with E-state index in [1.807, 2.05) is 6.92 Å². The Bertz CT molecular complexity index is 613. The van der Waals surface area contributed by atoms with Crippen LogP contribution in [-0.2, 0) is 16.6 Å². The number of benzene rings is 1. The fourth-order valence-electron chi connectivity index (χ4n) is 1.83. The van der Waals surface area contributed by atoms with E-state index in [0.717, 1.165) is 5.56 Å². The van der Waals surface area contributed by atoms with Crippen molar-refractivity contribution in [1.29, 1.82) is 0 Å². The van der Waals surface area contributed by atoms with Crippen molar-refractivity contribution in [3.63, 3.8) is 0 Å². The number of hydrogen-bond acceptors (Lipinski definition) is 4. The number of ether oxygens (including phenoxy) is 1. The normalized spacial score (nSPS) is 14.1. The van der Waals surface area contributed by atoms with Gasteiger partial charge in [0.05, 0.1) is 16.7 Å². The van der Waals surface area contributed by atoms with E-state index in [0.29, 0.717) is 11.5 Å². The molecule has 0 saturated carbocycles. The summed E-state index contributed by atoms with van der Waals surface area (Å²) in [6.45, 7) is 0.731. The number of aromatic nitrogens is 1. The van der Waals surface area contributed by atoms with E-state index in [9.17, 15) is 13.0 Å². The van der Waals surface area contributed by atoms with E-state index in [4.69, 9.17) is 4.52 Å². The third-order valence-electron chi connectivity index (χ3n) is 2.94. The molecule has 0 N–H and O–H groups in total. The van der Waals surface area contributed by atoms with Crippen LogP contribution >= 0.6 is 0 Å². The first-order chi connectivity index (χ1) is 9.95. The third-order valence-corrected chi connectivity index (χ3v) is 4.58. The van der Waals surface area contributed by atoms with Crippen LogP contribution in [0.5, 0.6) is 5.75 Å². The molecule has 1 heterocycles. The molecule has 0 aliphatic heterocycles. The highest BCUT2D eigenvalue weighted by Gasteiger charge is 2.16. The maximum atomic E-state index is 12.3. The lowest BCUT2D eigenvalue weighted by molar-refractivity contribution is -0.0498. The van der Waals surface area contributed by atoms with Crippen molar-refractivity contribution in [2.24, 2.45) is 0 Å². The van der Waals surface area contributed by atoms with Gasteiger partial charge in [0.1, 0.15) is 11.5 Å². The van der Waals surface area contributed by atoms with E-state index in [-0.39, 0.29) is 16.8 Å². The summed E-state index contributed by atoms with van der Waals surface area (Å²) in [6, 6.07) is 7.89. The van der Waals surface area contributed by atoms with Crippen LogP contribution < -0.4 is 4.74 Å². The summed E-state index contributed by atoms with van der Waals surface area (Å²) in [7, 11) is -1.18. The van der Waals surface area contributed by atoms with Crippen LogP contribution in [0, 0.1) is 6.92 Å². The lowest BCUT2D eigenvalue weighted by Gasteiger charge is -2.12. The van der Waals surface area contributed by atoms with Gasteiger partial charge in [0.15, 0.2) is 0 Å². The van der Waals surface area contributed by atoms with Crippen molar-refractivity contribution in [3.05, 3.63) is 47.3 Å². The minimum Gasteiger partial charge on any atom is -0.435 e. The standard InChI is InChI=1S/C14H15F2NO3S/c1-9-7-12(17-20-9)8-21(18)10(2)11-3-5-13(6-4-11)19-14(15)16/h3-7,10,14H,8H2,1-2H3. The zero-order valence-corrected chi connectivity index (χ0v) is 12.4. The lowest BCUT2D eigenvalue weighted by atomic mass is 10.2. The second-order valence-electron chi connectivity index (χ2n) is 4.54. The molecule has 2 aromatic rings. The molecule has 2 atom stereocenters. The Balaban J connectivity index is 2.01. The van der Waals surface area contributed by atoms with Crippen molar-refractivity contribution in [1.82, 2.24) is 5.16 Å². The summed E-state index contributed by atoms with van der Waals surface area (Å²) in [6.07, 6.45) is 0. The van der Waals surface area contributed by atoms with Crippen LogP contribution in [-0.4, -0.2) is 16.0 Å². The maximum absolute atomic E-state index is 12.3. The van der Waals surface area contributed by atoms with Gasteiger partial charge in [0, 0.05) is 16.9 Å². The van der Waals surface area contributed by atoms with Gasteiger partial charge in [-0.1, -0.05) is 17.3 Å². The molecule has 0 radical (unpaired) electrons. The molecule has 0 fully saturated rings. The van der Waals surface area contributed by atoms with Crippen molar-refractivity contribution < 1.29 is 22.2 Å². The zero-order chi connectivity index (χ0) is 15.4. The number of alkyl halides is 2. The fourth-order valence-corrected chi connectivity index (χ4v) is 2.97. The van der Waals surface area contributed by atoms with Gasteiger partial charge in [-0.3, -0.25) is 4.21 Å². The highest BCUT2D eigenvalue weighted by Crippen LogP contribution is 2.24. The van der Waals surface area contributed by atoms with Crippen molar-refractivity contribution in [2.75, 3.05) is 0 Å². The van der Waals surface area contributed by atoms with Gasteiger partial charge >= 0.3 is 6.61 Å². The molecule has 4 nitrogen and oxygen atoms in total. The first-order valence-electron chi connectivity index (χ1n) is 6.30. The summed E-state index contributed by atoms with van der Waals surface area (Å²) in [5.41, 5.74) is 1.42. The quantitative estimate of drug-likeness (QED) is 0.817. The summed E-state index contributed by atoms with van der Waals surface area (Å²) < 4.78 is 45.6. The highest BCUT2D eigenvalue weighted by atomic mass is 32.2. The van der Waals surface area contributed by atoms with E-state index in [1.54, 1.807) is 25.1 Å². The van der Waals surface area contributed by atoms with Crippen LogP contribution in [0.1, 0.15) is 29.2 Å². The van der Waals surface area contributed by atoms with E-state index < -0.39 is 17.4 Å². The van der Waals surface area contributed by atoms with Crippen molar-refractivity contribution >= 4 is 10.8 Å². The topological polar surface area (TPSA) is 52.3 Å². The predicted octanol–water partition coefficient (Wildman–Crippen LogP) is 3.59. The number of hydrogen-bond donors (Lipinski definition) is 0. The Hall–Kier alpha value is -1.76. The Morgan fingerprint density at radius 1 is 1.33 bits per heavy atom. The number of rotatable bonds is 6. The van der Waals surface area contributed by atoms with Gasteiger partial charge in [0.25, 0.3) is 0 Å². The fraction of sp³-hybridized carbons (Fsp3) is 0.357. The van der Waals surface area contributed by atoms with Gasteiger partial charge in [-0.2, -0.15) is 8.78 Å². The Morgan fingerprint density at radius 3 is 2.52 bits per heavy atom. The number of halogens is 2. The Morgan fingerprint density at radius 2 is 2.00 bits per heavy atom. The van der Waals surface area contributed by atoms with Crippen LogP contribution in [0.4, 0.5) is 8.78 Å². The average molecular weight is 315 g/mol. The molecule has 2 unspecified atom stereocenters. The second-order valence-corrected chi connectivity index (χ2v) is 6.30. The summed E-state index contributed by atoms with van der Waals surface area (Å²) in [5.74, 6) is 1.04. The molecule has 0 amide bonds. The molecule has 0 saturated heterocycles. The first kappa shape index (κ1) is 15.6.